The predicted molar refractivity (Wildman–Crippen MR) is 77.7 cm³/mol. The fourth-order valence-electron chi connectivity index (χ4n) is 2.00. The molecular formula is C15H21N3O. The molecule has 1 aromatic heterocycles. The van der Waals surface area contributed by atoms with Gasteiger partial charge in [0.05, 0.1) is 12.8 Å². The molecule has 4 heteroatoms. The SMILES string of the molecule is COc1cccc(CNc2nc(C)cn2C(C)C)c1. The number of aromatic nitrogens is 2. The minimum atomic E-state index is 0.397. The molecule has 0 saturated carbocycles. The molecule has 0 spiro atoms. The average Bonchev–Trinajstić information content (AvgIpc) is 2.78. The highest BCUT2D eigenvalue weighted by Gasteiger charge is 2.08. The minimum Gasteiger partial charge on any atom is -0.497 e. The Morgan fingerprint density at radius 1 is 1.37 bits per heavy atom. The number of hydrogen-bond acceptors (Lipinski definition) is 3. The third kappa shape index (κ3) is 3.28. The number of hydrogen-bond donors (Lipinski definition) is 1. The van der Waals surface area contributed by atoms with Gasteiger partial charge in [-0.25, -0.2) is 4.98 Å². The van der Waals surface area contributed by atoms with E-state index in [1.165, 1.54) is 5.56 Å². The number of rotatable bonds is 5. The normalized spacial score (nSPS) is 10.8. The lowest BCUT2D eigenvalue weighted by atomic mass is 10.2. The monoisotopic (exact) mass is 259 g/mol. The first-order chi connectivity index (χ1) is 9.10. The summed E-state index contributed by atoms with van der Waals surface area (Å²) >= 11 is 0. The van der Waals surface area contributed by atoms with E-state index in [0.29, 0.717) is 6.04 Å². The first-order valence-corrected chi connectivity index (χ1v) is 6.52. The minimum absolute atomic E-state index is 0.397. The highest BCUT2D eigenvalue weighted by molar-refractivity contribution is 5.34. The van der Waals surface area contributed by atoms with E-state index in [1.807, 2.05) is 25.1 Å². The maximum atomic E-state index is 5.22. The van der Waals surface area contributed by atoms with Crippen molar-refractivity contribution in [1.29, 1.82) is 0 Å². The molecule has 0 aliphatic rings. The summed E-state index contributed by atoms with van der Waals surface area (Å²) in [6.45, 7) is 7.05. The Kier molecular flexibility index (Phi) is 4.10. The Morgan fingerprint density at radius 3 is 2.84 bits per heavy atom. The van der Waals surface area contributed by atoms with Gasteiger partial charge >= 0.3 is 0 Å². The molecule has 1 heterocycles. The molecule has 0 bridgehead atoms. The molecule has 4 nitrogen and oxygen atoms in total. The van der Waals surface area contributed by atoms with Crippen molar-refractivity contribution in [3.63, 3.8) is 0 Å². The summed E-state index contributed by atoms with van der Waals surface area (Å²) in [7, 11) is 1.68. The molecule has 0 saturated heterocycles. The molecule has 2 rings (SSSR count). The topological polar surface area (TPSA) is 39.1 Å². The Labute approximate surface area is 114 Å². The van der Waals surface area contributed by atoms with Gasteiger partial charge in [0.25, 0.3) is 0 Å². The number of benzene rings is 1. The molecule has 0 amide bonds. The zero-order valence-electron chi connectivity index (χ0n) is 12.0. The van der Waals surface area contributed by atoms with Crippen molar-refractivity contribution >= 4 is 5.95 Å². The van der Waals surface area contributed by atoms with Gasteiger partial charge in [-0.15, -0.1) is 0 Å². The molecule has 0 unspecified atom stereocenters. The van der Waals surface area contributed by atoms with Gasteiger partial charge in [0, 0.05) is 18.8 Å². The van der Waals surface area contributed by atoms with Crippen molar-refractivity contribution in [2.24, 2.45) is 0 Å². The molecule has 1 N–H and O–H groups in total. The van der Waals surface area contributed by atoms with Crippen LogP contribution in [0.1, 0.15) is 31.1 Å². The predicted octanol–water partition coefficient (Wildman–Crippen LogP) is 3.39. The van der Waals surface area contributed by atoms with Crippen LogP contribution in [0.25, 0.3) is 0 Å². The van der Waals surface area contributed by atoms with Crippen molar-refractivity contribution in [3.05, 3.63) is 41.7 Å². The van der Waals surface area contributed by atoms with Gasteiger partial charge < -0.3 is 14.6 Å². The number of ether oxygens (including phenoxy) is 1. The molecule has 0 radical (unpaired) electrons. The molecule has 0 aliphatic heterocycles. The van der Waals surface area contributed by atoms with Crippen LogP contribution in [0.15, 0.2) is 30.5 Å². The Balaban J connectivity index is 2.09. The van der Waals surface area contributed by atoms with Gasteiger partial charge in [0.1, 0.15) is 5.75 Å². The third-order valence-electron chi connectivity index (χ3n) is 2.99. The summed E-state index contributed by atoms with van der Waals surface area (Å²) in [5, 5.41) is 3.38. The first kappa shape index (κ1) is 13.5. The van der Waals surface area contributed by atoms with Gasteiger partial charge in [0.15, 0.2) is 0 Å². The van der Waals surface area contributed by atoms with Crippen LogP contribution in [-0.4, -0.2) is 16.7 Å². The van der Waals surface area contributed by atoms with Crippen LogP contribution in [0, 0.1) is 6.92 Å². The lowest BCUT2D eigenvalue weighted by molar-refractivity contribution is 0.414. The second-order valence-electron chi connectivity index (χ2n) is 4.91. The summed E-state index contributed by atoms with van der Waals surface area (Å²) in [6.07, 6.45) is 2.07. The number of imidazole rings is 1. The van der Waals surface area contributed by atoms with Crippen molar-refractivity contribution in [1.82, 2.24) is 9.55 Å². The molecular weight excluding hydrogens is 238 g/mol. The number of anilines is 1. The van der Waals surface area contributed by atoms with Crippen molar-refractivity contribution in [2.75, 3.05) is 12.4 Å². The van der Waals surface area contributed by atoms with Crippen LogP contribution < -0.4 is 10.1 Å². The maximum absolute atomic E-state index is 5.22. The summed E-state index contributed by atoms with van der Waals surface area (Å²) in [5.41, 5.74) is 2.21. The lowest BCUT2D eigenvalue weighted by Crippen LogP contribution is -2.08. The van der Waals surface area contributed by atoms with E-state index in [9.17, 15) is 0 Å². The lowest BCUT2D eigenvalue weighted by Gasteiger charge is -2.13. The van der Waals surface area contributed by atoms with Gasteiger partial charge in [0.2, 0.25) is 5.95 Å². The third-order valence-corrected chi connectivity index (χ3v) is 2.99. The summed E-state index contributed by atoms with van der Waals surface area (Å²) in [5.74, 6) is 1.79. The van der Waals surface area contributed by atoms with Crippen LogP contribution in [0.3, 0.4) is 0 Å². The summed E-state index contributed by atoms with van der Waals surface area (Å²) in [6, 6.07) is 8.45. The smallest absolute Gasteiger partial charge is 0.203 e. The van der Waals surface area contributed by atoms with Crippen molar-refractivity contribution in [2.45, 2.75) is 33.4 Å². The van der Waals surface area contributed by atoms with Crippen molar-refractivity contribution in [3.8, 4) is 5.75 Å². The number of nitrogens with one attached hydrogen (secondary N) is 1. The standard InChI is InChI=1S/C15H21N3O/c1-11(2)18-10-12(3)17-15(18)16-9-13-6-5-7-14(8-13)19-4/h5-8,10-11H,9H2,1-4H3,(H,16,17). The quantitative estimate of drug-likeness (QED) is 0.894. The van der Waals surface area contributed by atoms with E-state index in [-0.39, 0.29) is 0 Å². The van der Waals surface area contributed by atoms with E-state index in [1.54, 1.807) is 7.11 Å². The largest absolute Gasteiger partial charge is 0.497 e. The molecule has 0 aliphatic carbocycles. The van der Waals surface area contributed by atoms with E-state index in [0.717, 1.165) is 23.9 Å². The highest BCUT2D eigenvalue weighted by Crippen LogP contribution is 2.17. The molecule has 2 aromatic rings. The zero-order chi connectivity index (χ0) is 13.8. The molecule has 1 aromatic carbocycles. The molecule has 0 fully saturated rings. The number of nitrogens with zero attached hydrogens (tertiary/aromatic N) is 2. The molecule has 102 valence electrons. The second-order valence-corrected chi connectivity index (χ2v) is 4.91. The Morgan fingerprint density at radius 2 is 2.16 bits per heavy atom. The summed E-state index contributed by atoms with van der Waals surface area (Å²) in [4.78, 5) is 4.51. The van der Waals surface area contributed by atoms with E-state index >= 15 is 0 Å². The van der Waals surface area contributed by atoms with Crippen molar-refractivity contribution < 1.29 is 4.74 Å². The first-order valence-electron chi connectivity index (χ1n) is 6.52. The average molecular weight is 259 g/mol. The van der Waals surface area contributed by atoms with Crippen LogP contribution in [0.4, 0.5) is 5.95 Å². The highest BCUT2D eigenvalue weighted by atomic mass is 16.5. The van der Waals surface area contributed by atoms with Crippen LogP contribution in [0.5, 0.6) is 5.75 Å². The Bertz CT molecular complexity index is 546. The van der Waals surface area contributed by atoms with Crippen LogP contribution in [0.2, 0.25) is 0 Å². The van der Waals surface area contributed by atoms with Gasteiger partial charge in [-0.1, -0.05) is 12.1 Å². The molecule has 0 atom stereocenters. The van der Waals surface area contributed by atoms with Gasteiger partial charge in [-0.2, -0.15) is 0 Å². The van der Waals surface area contributed by atoms with E-state index in [4.69, 9.17) is 4.74 Å². The van der Waals surface area contributed by atoms with Gasteiger partial charge in [-0.05, 0) is 38.5 Å². The fourth-order valence-corrected chi connectivity index (χ4v) is 2.00. The fraction of sp³-hybridized carbons (Fsp3) is 0.400. The number of methoxy groups -OCH3 is 1. The molecule has 19 heavy (non-hydrogen) atoms. The van der Waals surface area contributed by atoms with Gasteiger partial charge in [-0.3, -0.25) is 0 Å². The van der Waals surface area contributed by atoms with Crippen LogP contribution >= 0.6 is 0 Å². The summed E-state index contributed by atoms with van der Waals surface area (Å²) < 4.78 is 7.37. The van der Waals surface area contributed by atoms with Crippen LogP contribution in [-0.2, 0) is 6.54 Å². The van der Waals surface area contributed by atoms with E-state index in [2.05, 4.69) is 41.0 Å². The maximum Gasteiger partial charge on any atom is 0.203 e. The Hall–Kier alpha value is -1.97. The number of aryl methyl sites for hydroxylation is 1. The van der Waals surface area contributed by atoms with E-state index < -0.39 is 0 Å². The zero-order valence-corrected chi connectivity index (χ0v) is 12.0. The second kappa shape index (κ2) is 5.78.